The van der Waals surface area contributed by atoms with E-state index in [1.54, 1.807) is 11.3 Å². The molecule has 0 aliphatic heterocycles. The van der Waals surface area contributed by atoms with Crippen molar-refractivity contribution in [1.29, 1.82) is 0 Å². The Morgan fingerprint density at radius 2 is 1.91 bits per heavy atom. The number of likely N-dealkylation sites (N-methyl/N-ethyl adjacent to an activating group) is 2. The molecule has 1 aromatic heterocycles. The van der Waals surface area contributed by atoms with Crippen LogP contribution in [0.1, 0.15) is 29.9 Å². The van der Waals surface area contributed by atoms with E-state index in [1.165, 1.54) is 16.0 Å². The third-order valence-corrected chi connectivity index (χ3v) is 5.16. The van der Waals surface area contributed by atoms with Gasteiger partial charge >= 0.3 is 0 Å². The third-order valence-electron chi connectivity index (χ3n) is 4.30. The van der Waals surface area contributed by atoms with E-state index in [0.29, 0.717) is 6.54 Å². The zero-order chi connectivity index (χ0) is 16.8. The van der Waals surface area contributed by atoms with E-state index in [9.17, 15) is 4.79 Å². The molecule has 1 unspecified atom stereocenters. The molecule has 0 saturated heterocycles. The van der Waals surface area contributed by atoms with Crippen molar-refractivity contribution in [2.45, 2.75) is 39.9 Å². The summed E-state index contributed by atoms with van der Waals surface area (Å²) in [4.78, 5) is 18.1. The summed E-state index contributed by atoms with van der Waals surface area (Å²) >= 11 is 1.74. The Kier molecular flexibility index (Phi) is 6.37. The minimum absolute atomic E-state index is 0.115. The van der Waals surface area contributed by atoms with Gasteiger partial charge in [0.1, 0.15) is 0 Å². The number of hydrogen-bond acceptors (Lipinski definition) is 3. The lowest BCUT2D eigenvalue weighted by atomic mass is 10.1. The molecule has 0 radical (unpaired) electrons. The molecule has 0 spiro atoms. The highest BCUT2D eigenvalue weighted by molar-refractivity contribution is 7.09. The number of hydrogen-bond donors (Lipinski definition) is 0. The second kappa shape index (κ2) is 8.27. The molecular formula is C19H26N2OS. The van der Waals surface area contributed by atoms with Crippen molar-refractivity contribution in [3.8, 4) is 0 Å². The van der Waals surface area contributed by atoms with Crippen LogP contribution >= 0.6 is 11.3 Å². The second-order valence-electron chi connectivity index (χ2n) is 5.94. The maximum atomic E-state index is 12.8. The standard InChI is InChI=1S/C19H26N2OS/c1-5-21(14-18-11-8-12-23-18)16(3)19(22)20(4)13-17-10-7-6-9-15(17)2/h6-12,16H,5,13-14H2,1-4H3. The molecule has 4 heteroatoms. The van der Waals surface area contributed by atoms with Crippen LogP contribution in [-0.4, -0.2) is 35.3 Å². The van der Waals surface area contributed by atoms with Crippen LogP contribution in [0.25, 0.3) is 0 Å². The summed E-state index contributed by atoms with van der Waals surface area (Å²) < 4.78 is 0. The van der Waals surface area contributed by atoms with Gasteiger partial charge < -0.3 is 4.90 Å². The Morgan fingerprint density at radius 1 is 1.17 bits per heavy atom. The van der Waals surface area contributed by atoms with Gasteiger partial charge in [0.05, 0.1) is 6.04 Å². The van der Waals surface area contributed by atoms with Gasteiger partial charge in [0.15, 0.2) is 0 Å². The number of carbonyl (C=O) groups excluding carboxylic acids is 1. The first-order chi connectivity index (χ1) is 11.0. The Hall–Kier alpha value is -1.65. The number of amides is 1. The van der Waals surface area contributed by atoms with Crippen molar-refractivity contribution in [1.82, 2.24) is 9.80 Å². The topological polar surface area (TPSA) is 23.6 Å². The number of benzene rings is 1. The minimum Gasteiger partial charge on any atom is -0.340 e. The fraction of sp³-hybridized carbons (Fsp3) is 0.421. The van der Waals surface area contributed by atoms with Crippen LogP contribution in [0.4, 0.5) is 0 Å². The summed E-state index contributed by atoms with van der Waals surface area (Å²) in [5, 5.41) is 2.08. The van der Waals surface area contributed by atoms with E-state index in [4.69, 9.17) is 0 Å². The van der Waals surface area contributed by atoms with Crippen LogP contribution in [0.3, 0.4) is 0 Å². The number of thiophene rings is 1. The van der Waals surface area contributed by atoms with E-state index in [-0.39, 0.29) is 11.9 Å². The molecule has 1 aromatic carbocycles. The van der Waals surface area contributed by atoms with Crippen molar-refractivity contribution < 1.29 is 4.79 Å². The lowest BCUT2D eigenvalue weighted by Crippen LogP contribution is -2.45. The monoisotopic (exact) mass is 330 g/mol. The van der Waals surface area contributed by atoms with Crippen LogP contribution in [0.15, 0.2) is 41.8 Å². The molecule has 1 atom stereocenters. The van der Waals surface area contributed by atoms with Crippen molar-refractivity contribution in [3.63, 3.8) is 0 Å². The highest BCUT2D eigenvalue weighted by Gasteiger charge is 2.23. The normalized spacial score (nSPS) is 12.4. The van der Waals surface area contributed by atoms with Crippen LogP contribution in [-0.2, 0) is 17.9 Å². The molecule has 1 amide bonds. The van der Waals surface area contributed by atoms with E-state index in [2.05, 4.69) is 48.4 Å². The Bertz CT molecular complexity index is 624. The largest absolute Gasteiger partial charge is 0.340 e. The van der Waals surface area contributed by atoms with Gasteiger partial charge in [-0.2, -0.15) is 0 Å². The highest BCUT2D eigenvalue weighted by Crippen LogP contribution is 2.16. The highest BCUT2D eigenvalue weighted by atomic mass is 32.1. The van der Waals surface area contributed by atoms with Crippen LogP contribution in [0.5, 0.6) is 0 Å². The molecule has 0 saturated carbocycles. The van der Waals surface area contributed by atoms with E-state index >= 15 is 0 Å². The fourth-order valence-electron chi connectivity index (χ4n) is 2.72. The first kappa shape index (κ1) is 17.7. The number of carbonyl (C=O) groups is 1. The fourth-order valence-corrected chi connectivity index (χ4v) is 3.45. The van der Waals surface area contributed by atoms with Crippen molar-refractivity contribution in [2.24, 2.45) is 0 Å². The Balaban J connectivity index is 2.00. The van der Waals surface area contributed by atoms with Gasteiger partial charge in [-0.15, -0.1) is 11.3 Å². The molecule has 0 N–H and O–H groups in total. The van der Waals surface area contributed by atoms with Crippen molar-refractivity contribution in [3.05, 3.63) is 57.8 Å². The zero-order valence-electron chi connectivity index (χ0n) is 14.5. The Morgan fingerprint density at radius 3 is 2.52 bits per heavy atom. The molecular weight excluding hydrogens is 304 g/mol. The van der Waals surface area contributed by atoms with Crippen molar-refractivity contribution >= 4 is 17.2 Å². The van der Waals surface area contributed by atoms with Gasteiger partial charge in [-0.05, 0) is 43.0 Å². The molecule has 1 heterocycles. The molecule has 124 valence electrons. The first-order valence-electron chi connectivity index (χ1n) is 8.08. The lowest BCUT2D eigenvalue weighted by Gasteiger charge is -2.30. The van der Waals surface area contributed by atoms with Gasteiger partial charge in [-0.3, -0.25) is 9.69 Å². The summed E-state index contributed by atoms with van der Waals surface area (Å²) in [6.45, 7) is 8.56. The van der Waals surface area contributed by atoms with Gasteiger partial charge in [0.25, 0.3) is 0 Å². The zero-order valence-corrected chi connectivity index (χ0v) is 15.3. The average Bonchev–Trinajstić information content (AvgIpc) is 3.06. The van der Waals surface area contributed by atoms with E-state index < -0.39 is 0 Å². The molecule has 3 nitrogen and oxygen atoms in total. The molecule has 0 bridgehead atoms. The molecule has 0 fully saturated rings. The molecule has 0 aliphatic carbocycles. The lowest BCUT2D eigenvalue weighted by molar-refractivity contribution is -0.135. The first-order valence-corrected chi connectivity index (χ1v) is 8.96. The quantitative estimate of drug-likeness (QED) is 0.768. The predicted octanol–water partition coefficient (Wildman–Crippen LogP) is 3.93. The summed E-state index contributed by atoms with van der Waals surface area (Å²) in [6.07, 6.45) is 0. The molecule has 2 aromatic rings. The van der Waals surface area contributed by atoms with Gasteiger partial charge in [0.2, 0.25) is 5.91 Å². The summed E-state index contributed by atoms with van der Waals surface area (Å²) in [7, 11) is 1.89. The van der Waals surface area contributed by atoms with Crippen LogP contribution in [0.2, 0.25) is 0 Å². The third kappa shape index (κ3) is 4.66. The van der Waals surface area contributed by atoms with E-state index in [1.807, 2.05) is 31.0 Å². The molecule has 23 heavy (non-hydrogen) atoms. The van der Waals surface area contributed by atoms with Gasteiger partial charge in [-0.1, -0.05) is 37.3 Å². The van der Waals surface area contributed by atoms with E-state index in [0.717, 1.165) is 13.1 Å². The van der Waals surface area contributed by atoms with Crippen LogP contribution in [0, 0.1) is 6.92 Å². The number of aryl methyl sites for hydroxylation is 1. The van der Waals surface area contributed by atoms with Crippen LogP contribution < -0.4 is 0 Å². The molecule has 0 aliphatic rings. The second-order valence-corrected chi connectivity index (χ2v) is 6.97. The summed E-state index contributed by atoms with van der Waals surface area (Å²) in [6, 6.07) is 12.3. The van der Waals surface area contributed by atoms with Gasteiger partial charge in [0, 0.05) is 25.0 Å². The number of nitrogens with zero attached hydrogens (tertiary/aromatic N) is 2. The summed E-state index contributed by atoms with van der Waals surface area (Å²) in [5.74, 6) is 0.173. The maximum absolute atomic E-state index is 12.8. The smallest absolute Gasteiger partial charge is 0.239 e. The number of rotatable bonds is 7. The average molecular weight is 330 g/mol. The van der Waals surface area contributed by atoms with Crippen molar-refractivity contribution in [2.75, 3.05) is 13.6 Å². The minimum atomic E-state index is -0.115. The predicted molar refractivity (Wildman–Crippen MR) is 97.5 cm³/mol. The Labute approximate surface area is 143 Å². The van der Waals surface area contributed by atoms with Gasteiger partial charge in [-0.25, -0.2) is 0 Å². The maximum Gasteiger partial charge on any atom is 0.239 e. The summed E-state index contributed by atoms with van der Waals surface area (Å²) in [5.41, 5.74) is 2.43. The SMILES string of the molecule is CCN(Cc1cccs1)C(C)C(=O)N(C)Cc1ccccc1C. The molecule has 2 rings (SSSR count).